The van der Waals surface area contributed by atoms with Crippen molar-refractivity contribution in [3.8, 4) is 0 Å². The molecule has 0 saturated heterocycles. The van der Waals surface area contributed by atoms with Crippen molar-refractivity contribution >= 4 is 70.5 Å². The zero-order valence-corrected chi connectivity index (χ0v) is 15.4. The molecular formula is C11H9Br2ClN2O2S2. The zero-order chi connectivity index (χ0) is 14.9. The summed E-state index contributed by atoms with van der Waals surface area (Å²) in [7, 11) is -3.69. The summed E-state index contributed by atoms with van der Waals surface area (Å²) in [5.41, 5.74) is 0.776. The summed E-state index contributed by atoms with van der Waals surface area (Å²) < 4.78 is 24.7. The molecule has 0 amide bonds. The fraction of sp³-hybridized carbons (Fsp3) is 0.0909. The van der Waals surface area contributed by atoms with E-state index >= 15 is 0 Å². The smallest absolute Gasteiger partial charge is 0.238 e. The van der Waals surface area contributed by atoms with Crippen LogP contribution in [0.1, 0.15) is 4.88 Å². The van der Waals surface area contributed by atoms with E-state index in [1.54, 1.807) is 6.07 Å². The van der Waals surface area contributed by atoms with Gasteiger partial charge in [-0.25, -0.2) is 13.6 Å². The Bertz CT molecular complexity index is 727. The molecule has 108 valence electrons. The van der Waals surface area contributed by atoms with Gasteiger partial charge in [0.25, 0.3) is 0 Å². The van der Waals surface area contributed by atoms with Gasteiger partial charge in [-0.15, -0.1) is 11.3 Å². The monoisotopic (exact) mass is 458 g/mol. The van der Waals surface area contributed by atoms with Gasteiger partial charge in [-0.3, -0.25) is 0 Å². The molecule has 1 aromatic carbocycles. The first-order valence-electron chi connectivity index (χ1n) is 5.27. The Morgan fingerprint density at radius 3 is 2.45 bits per heavy atom. The molecule has 1 heterocycles. The van der Waals surface area contributed by atoms with Crippen molar-refractivity contribution in [2.24, 2.45) is 5.14 Å². The molecule has 0 aliphatic carbocycles. The molecule has 0 saturated carbocycles. The molecule has 0 fully saturated rings. The van der Waals surface area contributed by atoms with E-state index in [1.165, 1.54) is 23.5 Å². The number of hydrogen-bond donors (Lipinski definition) is 2. The van der Waals surface area contributed by atoms with E-state index in [0.29, 0.717) is 15.4 Å². The third-order valence-electron chi connectivity index (χ3n) is 2.42. The summed E-state index contributed by atoms with van der Waals surface area (Å²) in [5, 5.41) is 8.27. The highest BCUT2D eigenvalue weighted by molar-refractivity contribution is 9.11. The van der Waals surface area contributed by atoms with E-state index in [-0.39, 0.29) is 4.90 Å². The van der Waals surface area contributed by atoms with Crippen molar-refractivity contribution in [1.29, 1.82) is 0 Å². The van der Waals surface area contributed by atoms with Gasteiger partial charge in [-0.1, -0.05) is 11.6 Å². The molecule has 0 radical (unpaired) electrons. The quantitative estimate of drug-likeness (QED) is 0.719. The maximum Gasteiger partial charge on any atom is 0.238 e. The predicted octanol–water partition coefficient (Wildman–Crippen LogP) is 4.19. The Balaban J connectivity index is 2.14. The standard InChI is InChI=1S/C11H9Br2ClN2O2S2/c12-8-4-7(20(15,17)18)1-2-10(8)16-5-6-3-9(13)11(14)19-6/h1-4,16H,5H2,(H2,15,17,18). The summed E-state index contributed by atoms with van der Waals surface area (Å²) in [6, 6.07) is 6.52. The molecule has 20 heavy (non-hydrogen) atoms. The Hall–Kier alpha value is -0.120. The van der Waals surface area contributed by atoms with Crippen molar-refractivity contribution in [1.82, 2.24) is 0 Å². The molecule has 0 aliphatic heterocycles. The Labute approximate surface area is 142 Å². The SMILES string of the molecule is NS(=O)(=O)c1ccc(NCc2cc(Br)c(Cl)s2)c(Br)c1. The van der Waals surface area contributed by atoms with Gasteiger partial charge in [-0.2, -0.15) is 0 Å². The van der Waals surface area contributed by atoms with Crippen molar-refractivity contribution in [2.45, 2.75) is 11.4 Å². The predicted molar refractivity (Wildman–Crippen MR) is 89.9 cm³/mol. The second kappa shape index (κ2) is 6.33. The van der Waals surface area contributed by atoms with Crippen molar-refractivity contribution in [2.75, 3.05) is 5.32 Å². The minimum atomic E-state index is -3.69. The van der Waals surface area contributed by atoms with Crippen LogP contribution in [0.5, 0.6) is 0 Å². The van der Waals surface area contributed by atoms with Gasteiger partial charge in [0, 0.05) is 26.1 Å². The molecule has 0 bridgehead atoms. The highest BCUT2D eigenvalue weighted by atomic mass is 79.9. The van der Waals surface area contributed by atoms with Crippen LogP contribution in [0.25, 0.3) is 0 Å². The van der Waals surface area contributed by atoms with Gasteiger partial charge < -0.3 is 5.32 Å². The van der Waals surface area contributed by atoms with Crippen LogP contribution in [0, 0.1) is 0 Å². The lowest BCUT2D eigenvalue weighted by atomic mass is 10.3. The van der Waals surface area contributed by atoms with E-state index in [0.717, 1.165) is 15.0 Å². The zero-order valence-electron chi connectivity index (χ0n) is 9.86. The third kappa shape index (κ3) is 3.96. The van der Waals surface area contributed by atoms with Gasteiger partial charge in [0.1, 0.15) is 4.34 Å². The van der Waals surface area contributed by atoms with Crippen LogP contribution in [0.2, 0.25) is 4.34 Å². The number of rotatable bonds is 4. The minimum absolute atomic E-state index is 0.0665. The number of thiophene rings is 1. The van der Waals surface area contributed by atoms with Crippen LogP contribution < -0.4 is 10.5 Å². The highest BCUT2D eigenvalue weighted by Gasteiger charge is 2.11. The fourth-order valence-corrected chi connectivity index (χ4v) is 4.42. The van der Waals surface area contributed by atoms with E-state index < -0.39 is 10.0 Å². The Morgan fingerprint density at radius 2 is 1.95 bits per heavy atom. The Morgan fingerprint density at radius 1 is 1.25 bits per heavy atom. The van der Waals surface area contributed by atoms with Crippen LogP contribution in [0.3, 0.4) is 0 Å². The van der Waals surface area contributed by atoms with Crippen LogP contribution in [-0.4, -0.2) is 8.42 Å². The molecule has 2 aromatic rings. The number of anilines is 1. The minimum Gasteiger partial charge on any atom is -0.379 e. The van der Waals surface area contributed by atoms with E-state index in [1.807, 2.05) is 6.07 Å². The lowest BCUT2D eigenvalue weighted by Gasteiger charge is -2.08. The first-order chi connectivity index (χ1) is 9.27. The van der Waals surface area contributed by atoms with Crippen molar-refractivity contribution < 1.29 is 8.42 Å². The van der Waals surface area contributed by atoms with Crippen LogP contribution in [0.4, 0.5) is 5.69 Å². The first kappa shape index (κ1) is 16.3. The number of nitrogens with two attached hydrogens (primary N) is 1. The second-order valence-electron chi connectivity index (χ2n) is 3.87. The average molecular weight is 461 g/mol. The molecule has 3 N–H and O–H groups in total. The lowest BCUT2D eigenvalue weighted by Crippen LogP contribution is -2.12. The van der Waals surface area contributed by atoms with E-state index in [9.17, 15) is 8.42 Å². The van der Waals surface area contributed by atoms with E-state index in [2.05, 4.69) is 37.2 Å². The molecular weight excluding hydrogens is 452 g/mol. The molecule has 0 atom stereocenters. The molecule has 2 rings (SSSR count). The molecule has 1 aromatic heterocycles. The summed E-state index contributed by atoms with van der Waals surface area (Å²) in [6.45, 7) is 0.587. The van der Waals surface area contributed by atoms with Gasteiger partial charge in [0.05, 0.1) is 4.90 Å². The number of sulfonamides is 1. The van der Waals surface area contributed by atoms with Gasteiger partial charge >= 0.3 is 0 Å². The number of nitrogens with one attached hydrogen (secondary N) is 1. The topological polar surface area (TPSA) is 72.2 Å². The summed E-state index contributed by atoms with van der Waals surface area (Å²) in [6.07, 6.45) is 0. The number of primary sulfonamides is 1. The highest BCUT2D eigenvalue weighted by Crippen LogP contribution is 2.33. The lowest BCUT2D eigenvalue weighted by molar-refractivity contribution is 0.598. The molecule has 4 nitrogen and oxygen atoms in total. The molecule has 0 aliphatic rings. The molecule has 9 heteroatoms. The van der Waals surface area contributed by atoms with Crippen LogP contribution in [0.15, 0.2) is 38.1 Å². The summed E-state index contributed by atoms with van der Waals surface area (Å²) in [4.78, 5) is 1.13. The van der Waals surface area contributed by atoms with Crippen LogP contribution >= 0.6 is 54.8 Å². The fourth-order valence-electron chi connectivity index (χ4n) is 1.48. The number of halogens is 3. The largest absolute Gasteiger partial charge is 0.379 e. The van der Waals surface area contributed by atoms with Gasteiger partial charge in [-0.05, 0) is 56.1 Å². The maximum absolute atomic E-state index is 11.2. The summed E-state index contributed by atoms with van der Waals surface area (Å²) in [5.74, 6) is 0. The van der Waals surface area contributed by atoms with E-state index in [4.69, 9.17) is 16.7 Å². The number of hydrogen-bond acceptors (Lipinski definition) is 4. The van der Waals surface area contributed by atoms with Crippen LogP contribution in [-0.2, 0) is 16.6 Å². The van der Waals surface area contributed by atoms with Crippen molar-refractivity contribution in [3.63, 3.8) is 0 Å². The number of benzene rings is 1. The first-order valence-corrected chi connectivity index (χ1v) is 9.60. The summed E-state index contributed by atoms with van der Waals surface area (Å²) >= 11 is 14.1. The second-order valence-corrected chi connectivity index (χ2v) is 8.88. The third-order valence-corrected chi connectivity index (χ3v) is 6.46. The van der Waals surface area contributed by atoms with Gasteiger partial charge in [0.15, 0.2) is 0 Å². The molecule has 0 unspecified atom stereocenters. The normalized spacial score (nSPS) is 11.6. The van der Waals surface area contributed by atoms with Crippen molar-refractivity contribution in [3.05, 3.63) is 42.4 Å². The molecule has 0 spiro atoms. The maximum atomic E-state index is 11.2. The van der Waals surface area contributed by atoms with Gasteiger partial charge in [0.2, 0.25) is 10.0 Å². The Kier molecular flexibility index (Phi) is 5.14. The average Bonchev–Trinajstić information content (AvgIpc) is 2.66.